The summed E-state index contributed by atoms with van der Waals surface area (Å²) in [7, 11) is 9.87. The molecule has 0 spiro atoms. The molecule has 0 radical (unpaired) electrons. The van der Waals surface area contributed by atoms with Crippen molar-refractivity contribution < 1.29 is 20.8 Å². The van der Waals surface area contributed by atoms with Crippen LogP contribution in [0.2, 0.25) is 0 Å². The van der Waals surface area contributed by atoms with E-state index in [2.05, 4.69) is 127 Å². The first kappa shape index (κ1) is 23.9. The molecule has 0 saturated heterocycles. The molecule has 7 rings (SSSR count). The van der Waals surface area contributed by atoms with Crippen molar-refractivity contribution in [3.63, 3.8) is 0 Å². The van der Waals surface area contributed by atoms with Crippen LogP contribution in [0.15, 0.2) is 127 Å². The summed E-state index contributed by atoms with van der Waals surface area (Å²) in [5.41, 5.74) is 12.8. The van der Waals surface area contributed by atoms with E-state index in [4.69, 9.17) is 17.0 Å². The molecule has 0 nitrogen and oxygen atoms in total. The third-order valence-electron chi connectivity index (χ3n) is 7.67. The maximum atomic E-state index is 4.93. The first-order valence-corrected chi connectivity index (χ1v) is 18.5. The van der Waals surface area contributed by atoms with Crippen LogP contribution in [0.25, 0.3) is 22.3 Å². The van der Waals surface area contributed by atoms with Gasteiger partial charge in [-0.15, -0.1) is 0 Å². The van der Waals surface area contributed by atoms with Gasteiger partial charge in [0.25, 0.3) is 0 Å². The Morgan fingerprint density at radius 3 is 1.03 bits per heavy atom. The average molecular weight is 583 g/mol. The van der Waals surface area contributed by atoms with Crippen LogP contribution in [-0.2, 0) is 20.8 Å². The second kappa shape index (κ2) is 10.5. The van der Waals surface area contributed by atoms with Crippen LogP contribution in [0.1, 0.15) is 45.6 Å². The molecule has 174 valence electrons. The number of rotatable bonds is 3. The van der Waals surface area contributed by atoms with Crippen LogP contribution < -0.4 is 0 Å². The van der Waals surface area contributed by atoms with Crippen LogP contribution >= 0.6 is 17.0 Å². The number of fused-ring (bicyclic) bond motifs is 6. The molecule has 36 heavy (non-hydrogen) atoms. The van der Waals surface area contributed by atoms with Gasteiger partial charge in [-0.25, -0.2) is 0 Å². The minimum atomic E-state index is -0.826. The smallest absolute Gasteiger partial charge is 0.0179 e. The molecule has 0 bridgehead atoms. The summed E-state index contributed by atoms with van der Waals surface area (Å²) in [6.07, 6.45) is 0. The fourth-order valence-electron chi connectivity index (χ4n) is 6.42. The molecule has 5 aromatic carbocycles. The Kier molecular flexibility index (Phi) is 6.99. The Labute approximate surface area is 231 Å². The third-order valence-corrected chi connectivity index (χ3v) is 7.67. The maximum Gasteiger partial charge on any atom is 0.0179 e. The fourth-order valence-corrected chi connectivity index (χ4v) is 6.42. The molecule has 0 N–H and O–H groups in total. The summed E-state index contributed by atoms with van der Waals surface area (Å²) in [5, 5.41) is 0. The van der Waals surface area contributed by atoms with Crippen molar-refractivity contribution in [3.8, 4) is 22.3 Å². The zero-order valence-corrected chi connectivity index (χ0v) is 23.6. The van der Waals surface area contributed by atoms with Gasteiger partial charge in [-0.3, -0.25) is 0 Å². The van der Waals surface area contributed by atoms with Crippen molar-refractivity contribution in [2.24, 2.45) is 0 Å². The molecule has 3 heteroatoms. The molecule has 2 aliphatic carbocycles. The predicted octanol–water partition coefficient (Wildman–Crippen LogP) is 9.77. The van der Waals surface area contributed by atoms with Crippen LogP contribution in [0.4, 0.5) is 0 Å². The Hall–Kier alpha value is -2.44. The molecular weight excluding hydrogens is 558 g/mol. The summed E-state index contributed by atoms with van der Waals surface area (Å²) in [6.45, 7) is 0. The standard InChI is InChI=1S/C33H24.2ClH.Zr/c1-2-12-22(13-3-1)31(32-27-18-8-4-14-23(27)24-15-5-9-19-28(24)32)33-29-20-10-6-16-25(29)26-17-7-11-21-30(26)33;;;/h1-21,31-33H;2*1H;/q;;;+2/p-2. The van der Waals surface area contributed by atoms with E-state index in [-0.39, 0.29) is 0 Å². The molecular formula is C33H24Cl2Zr. The molecule has 0 fully saturated rings. The van der Waals surface area contributed by atoms with Crippen molar-refractivity contribution in [1.29, 1.82) is 0 Å². The van der Waals surface area contributed by atoms with Gasteiger partial charge in [-0.2, -0.15) is 0 Å². The van der Waals surface area contributed by atoms with Crippen LogP contribution in [0, 0.1) is 0 Å². The quantitative estimate of drug-likeness (QED) is 0.199. The Bertz CT molecular complexity index is 1330. The largest absolute Gasteiger partial charge is 0.0622 e. The van der Waals surface area contributed by atoms with Crippen molar-refractivity contribution in [3.05, 3.63) is 155 Å². The van der Waals surface area contributed by atoms with Crippen LogP contribution in [0.5, 0.6) is 0 Å². The Balaban J connectivity index is 0.000000765. The summed E-state index contributed by atoms with van der Waals surface area (Å²) >= 11 is -0.826. The van der Waals surface area contributed by atoms with Crippen molar-refractivity contribution in [2.75, 3.05) is 0 Å². The average Bonchev–Trinajstić information content (AvgIpc) is 3.44. The van der Waals surface area contributed by atoms with E-state index >= 15 is 0 Å². The minimum Gasteiger partial charge on any atom is -0.0622 e. The van der Waals surface area contributed by atoms with E-state index in [1.165, 1.54) is 50.1 Å². The number of halogens is 2. The normalized spacial score (nSPS) is 13.3. The van der Waals surface area contributed by atoms with E-state index in [9.17, 15) is 0 Å². The first-order valence-electron chi connectivity index (χ1n) is 12.2. The third kappa shape index (κ3) is 4.03. The fraction of sp³-hybridized carbons (Fsp3) is 0.0909. The van der Waals surface area contributed by atoms with E-state index in [0.29, 0.717) is 17.8 Å². The van der Waals surface area contributed by atoms with E-state index in [1.807, 2.05) is 0 Å². The van der Waals surface area contributed by atoms with Gasteiger partial charge < -0.3 is 0 Å². The Morgan fingerprint density at radius 1 is 0.417 bits per heavy atom. The maximum absolute atomic E-state index is 4.93. The number of hydrogen-bond donors (Lipinski definition) is 0. The monoisotopic (exact) mass is 580 g/mol. The van der Waals surface area contributed by atoms with Crippen molar-refractivity contribution in [1.82, 2.24) is 0 Å². The molecule has 0 saturated carbocycles. The molecule has 0 heterocycles. The van der Waals surface area contributed by atoms with E-state index < -0.39 is 20.8 Å². The second-order valence-electron chi connectivity index (χ2n) is 9.31. The van der Waals surface area contributed by atoms with Gasteiger partial charge in [-0.1, -0.05) is 127 Å². The zero-order valence-electron chi connectivity index (χ0n) is 19.6. The van der Waals surface area contributed by atoms with Crippen LogP contribution in [0.3, 0.4) is 0 Å². The number of hydrogen-bond acceptors (Lipinski definition) is 0. The SMILES string of the molecule is [Cl][Zr][Cl].c1ccc(C(C2c3ccccc3-c3ccccc32)C2c3ccccc3-c3ccccc32)cc1. The first-order chi connectivity index (χ1) is 17.8. The Morgan fingerprint density at radius 2 is 0.694 bits per heavy atom. The molecule has 0 unspecified atom stereocenters. The zero-order chi connectivity index (χ0) is 24.5. The second-order valence-corrected chi connectivity index (χ2v) is 13.0. The summed E-state index contributed by atoms with van der Waals surface area (Å²) in [4.78, 5) is 0. The molecule has 0 aliphatic heterocycles. The van der Waals surface area contributed by atoms with Gasteiger partial charge in [-0.05, 0) is 50.1 Å². The number of benzene rings is 5. The van der Waals surface area contributed by atoms with Gasteiger partial charge in [0.2, 0.25) is 0 Å². The van der Waals surface area contributed by atoms with Crippen LogP contribution in [-0.4, -0.2) is 0 Å². The summed E-state index contributed by atoms with van der Waals surface area (Å²) < 4.78 is 0. The van der Waals surface area contributed by atoms with Gasteiger partial charge in [0, 0.05) is 17.8 Å². The molecule has 0 aromatic heterocycles. The molecule has 2 aliphatic rings. The van der Waals surface area contributed by atoms with Gasteiger partial charge in [0.1, 0.15) is 0 Å². The van der Waals surface area contributed by atoms with Gasteiger partial charge in [0.15, 0.2) is 0 Å². The minimum absolute atomic E-state index is 0.306. The van der Waals surface area contributed by atoms with Crippen molar-refractivity contribution >= 4 is 17.0 Å². The van der Waals surface area contributed by atoms with Crippen molar-refractivity contribution in [2.45, 2.75) is 17.8 Å². The summed E-state index contributed by atoms with van der Waals surface area (Å²) in [6, 6.07) is 47.3. The van der Waals surface area contributed by atoms with E-state index in [1.54, 1.807) is 0 Å². The van der Waals surface area contributed by atoms with Gasteiger partial charge >= 0.3 is 37.9 Å². The predicted molar refractivity (Wildman–Crippen MR) is 148 cm³/mol. The van der Waals surface area contributed by atoms with Gasteiger partial charge in [0.05, 0.1) is 0 Å². The van der Waals surface area contributed by atoms with E-state index in [0.717, 1.165) is 0 Å². The molecule has 5 aromatic rings. The summed E-state index contributed by atoms with van der Waals surface area (Å²) in [5.74, 6) is 0.925. The molecule has 0 amide bonds. The topological polar surface area (TPSA) is 0 Å². The molecule has 0 atom stereocenters.